The van der Waals surface area contributed by atoms with Crippen molar-refractivity contribution in [2.24, 2.45) is 5.92 Å². The average Bonchev–Trinajstić information content (AvgIpc) is 2.48. The molecule has 0 aliphatic heterocycles. The lowest BCUT2D eigenvalue weighted by Gasteiger charge is -2.12. The minimum atomic E-state index is 0.549. The first-order chi connectivity index (χ1) is 10.1. The van der Waals surface area contributed by atoms with Crippen molar-refractivity contribution < 1.29 is 0 Å². The van der Waals surface area contributed by atoms with E-state index in [0.29, 0.717) is 16.2 Å². The summed E-state index contributed by atoms with van der Waals surface area (Å²) in [7, 11) is 0. The Bertz CT molecular complexity index is 572. The van der Waals surface area contributed by atoms with Crippen LogP contribution in [0.4, 0.5) is 5.69 Å². The Kier molecular flexibility index (Phi) is 5.89. The summed E-state index contributed by atoms with van der Waals surface area (Å²) in [5.74, 6) is 0.549. The number of rotatable bonds is 5. The second-order valence-corrected chi connectivity index (χ2v) is 6.14. The van der Waals surface area contributed by atoms with Gasteiger partial charge in [0.05, 0.1) is 11.9 Å². The minimum absolute atomic E-state index is 0.549. The molecule has 0 aromatic carbocycles. The molecule has 0 fully saturated rings. The fourth-order valence-corrected chi connectivity index (χ4v) is 2.28. The highest BCUT2D eigenvalue weighted by Crippen LogP contribution is 2.22. The Morgan fingerprint density at radius 2 is 2.00 bits per heavy atom. The monoisotopic (exact) mass is 319 g/mol. The number of hydrogen-bond donors (Lipinski definition) is 2. The first-order valence-corrected chi connectivity index (χ1v) is 7.82. The van der Waals surface area contributed by atoms with E-state index in [4.69, 9.17) is 12.2 Å². The van der Waals surface area contributed by atoms with Gasteiger partial charge in [0, 0.05) is 18.9 Å². The van der Waals surface area contributed by atoms with Crippen LogP contribution in [0.2, 0.25) is 0 Å². The lowest BCUT2D eigenvalue weighted by atomic mass is 10.2. The molecule has 110 valence electrons. The number of anilines is 1. The molecule has 2 heterocycles. The first-order valence-electron chi connectivity index (χ1n) is 6.59. The van der Waals surface area contributed by atoms with E-state index in [1.54, 1.807) is 24.7 Å². The van der Waals surface area contributed by atoms with Gasteiger partial charge in [-0.3, -0.25) is 0 Å². The van der Waals surface area contributed by atoms with Crippen LogP contribution in [0.5, 0.6) is 0 Å². The minimum Gasteiger partial charge on any atom is -0.362 e. The molecule has 0 radical (unpaired) electrons. The van der Waals surface area contributed by atoms with Crippen molar-refractivity contribution in [3.8, 4) is 0 Å². The highest BCUT2D eigenvalue weighted by Gasteiger charge is 2.03. The molecular weight excluding hydrogens is 302 g/mol. The standard InChI is InChI=1S/C14H17N5S2/c1-10(2)8-18-13(20)19-11-4-5-12(17-9-11)21-14-15-6-3-7-16-14/h3-7,9-10H,8H2,1-2H3,(H2,18,19,20). The van der Waals surface area contributed by atoms with Crippen molar-refractivity contribution in [1.82, 2.24) is 20.3 Å². The molecule has 0 unspecified atom stereocenters. The summed E-state index contributed by atoms with van der Waals surface area (Å²) in [6.07, 6.45) is 5.17. The van der Waals surface area contributed by atoms with Gasteiger partial charge in [-0.15, -0.1) is 0 Å². The van der Waals surface area contributed by atoms with Gasteiger partial charge in [0.25, 0.3) is 0 Å². The number of nitrogens with zero attached hydrogens (tertiary/aromatic N) is 3. The van der Waals surface area contributed by atoms with E-state index in [0.717, 1.165) is 17.3 Å². The second-order valence-electron chi connectivity index (χ2n) is 4.75. The van der Waals surface area contributed by atoms with Crippen LogP contribution in [0.25, 0.3) is 0 Å². The van der Waals surface area contributed by atoms with Crippen molar-refractivity contribution in [2.45, 2.75) is 24.0 Å². The summed E-state index contributed by atoms with van der Waals surface area (Å²) in [5.41, 5.74) is 0.856. The van der Waals surface area contributed by atoms with E-state index in [1.165, 1.54) is 11.8 Å². The molecule has 5 nitrogen and oxygen atoms in total. The zero-order valence-corrected chi connectivity index (χ0v) is 13.5. The maximum Gasteiger partial charge on any atom is 0.193 e. The van der Waals surface area contributed by atoms with Gasteiger partial charge in [-0.1, -0.05) is 13.8 Å². The molecule has 0 amide bonds. The van der Waals surface area contributed by atoms with Crippen molar-refractivity contribution in [3.05, 3.63) is 36.8 Å². The van der Waals surface area contributed by atoms with Crippen molar-refractivity contribution in [3.63, 3.8) is 0 Å². The number of thiocarbonyl (C=S) groups is 1. The van der Waals surface area contributed by atoms with Gasteiger partial charge in [0.1, 0.15) is 5.03 Å². The number of nitrogens with one attached hydrogen (secondary N) is 2. The van der Waals surface area contributed by atoms with E-state index in [9.17, 15) is 0 Å². The molecule has 2 rings (SSSR count). The SMILES string of the molecule is CC(C)CNC(=S)Nc1ccc(Sc2ncccn2)nc1. The fraction of sp³-hybridized carbons (Fsp3) is 0.286. The Morgan fingerprint density at radius 3 is 2.62 bits per heavy atom. The maximum atomic E-state index is 5.22. The topological polar surface area (TPSA) is 62.7 Å². The average molecular weight is 319 g/mol. The molecule has 21 heavy (non-hydrogen) atoms. The summed E-state index contributed by atoms with van der Waals surface area (Å²) in [5, 5.41) is 8.39. The Morgan fingerprint density at radius 1 is 1.24 bits per heavy atom. The summed E-state index contributed by atoms with van der Waals surface area (Å²) in [6.45, 7) is 5.11. The van der Waals surface area contributed by atoms with Crippen LogP contribution in [0.3, 0.4) is 0 Å². The third-order valence-corrected chi connectivity index (χ3v) is 3.49. The number of aromatic nitrogens is 3. The predicted molar refractivity (Wildman–Crippen MR) is 89.5 cm³/mol. The fourth-order valence-electron chi connectivity index (χ4n) is 1.42. The summed E-state index contributed by atoms with van der Waals surface area (Å²) in [4.78, 5) is 12.7. The van der Waals surface area contributed by atoms with Gasteiger partial charge in [-0.25, -0.2) is 15.0 Å². The van der Waals surface area contributed by atoms with Gasteiger partial charge in [0.2, 0.25) is 0 Å². The summed E-state index contributed by atoms with van der Waals surface area (Å²) < 4.78 is 0. The van der Waals surface area contributed by atoms with Gasteiger partial charge in [0.15, 0.2) is 10.3 Å². The van der Waals surface area contributed by atoms with Gasteiger partial charge in [-0.05, 0) is 48.1 Å². The van der Waals surface area contributed by atoms with Crippen LogP contribution >= 0.6 is 24.0 Å². The molecule has 0 atom stereocenters. The molecule has 2 N–H and O–H groups in total. The molecular formula is C14H17N5S2. The third-order valence-electron chi connectivity index (χ3n) is 2.40. The van der Waals surface area contributed by atoms with E-state index < -0.39 is 0 Å². The normalized spacial score (nSPS) is 10.4. The second kappa shape index (κ2) is 7.90. The quantitative estimate of drug-likeness (QED) is 0.649. The summed E-state index contributed by atoms with van der Waals surface area (Å²) in [6, 6.07) is 5.63. The van der Waals surface area contributed by atoms with Gasteiger partial charge < -0.3 is 10.6 Å². The van der Waals surface area contributed by atoms with Crippen LogP contribution in [-0.2, 0) is 0 Å². The Labute approximate surface area is 134 Å². The predicted octanol–water partition coefficient (Wildman–Crippen LogP) is 2.97. The van der Waals surface area contributed by atoms with E-state index >= 15 is 0 Å². The molecule has 0 bridgehead atoms. The maximum absolute atomic E-state index is 5.22. The first kappa shape index (κ1) is 15.7. The van der Waals surface area contributed by atoms with Crippen LogP contribution in [0, 0.1) is 5.92 Å². The van der Waals surface area contributed by atoms with Gasteiger partial charge in [-0.2, -0.15) is 0 Å². The van der Waals surface area contributed by atoms with Crippen molar-refractivity contribution in [1.29, 1.82) is 0 Å². The molecule has 7 heteroatoms. The van der Waals surface area contributed by atoms with Crippen LogP contribution in [0.15, 0.2) is 47.0 Å². The lowest BCUT2D eigenvalue weighted by molar-refractivity contribution is 0.627. The number of pyridine rings is 1. The van der Waals surface area contributed by atoms with E-state index in [-0.39, 0.29) is 0 Å². The molecule has 0 aliphatic carbocycles. The highest BCUT2D eigenvalue weighted by molar-refractivity contribution is 7.99. The smallest absolute Gasteiger partial charge is 0.193 e. The van der Waals surface area contributed by atoms with Crippen LogP contribution in [-0.4, -0.2) is 26.6 Å². The lowest BCUT2D eigenvalue weighted by Crippen LogP contribution is -2.31. The summed E-state index contributed by atoms with van der Waals surface area (Å²) >= 11 is 6.64. The zero-order valence-electron chi connectivity index (χ0n) is 11.9. The molecule has 0 spiro atoms. The molecule has 0 aliphatic rings. The molecule has 0 saturated heterocycles. The van der Waals surface area contributed by atoms with Crippen molar-refractivity contribution in [2.75, 3.05) is 11.9 Å². The highest BCUT2D eigenvalue weighted by atomic mass is 32.2. The third kappa shape index (κ3) is 5.65. The van der Waals surface area contributed by atoms with Crippen LogP contribution in [0.1, 0.15) is 13.8 Å². The van der Waals surface area contributed by atoms with Crippen LogP contribution < -0.4 is 10.6 Å². The molecule has 2 aromatic rings. The number of hydrogen-bond acceptors (Lipinski definition) is 5. The molecule has 2 aromatic heterocycles. The van der Waals surface area contributed by atoms with Gasteiger partial charge >= 0.3 is 0 Å². The van der Waals surface area contributed by atoms with E-state index in [2.05, 4.69) is 39.4 Å². The Hall–Kier alpha value is -1.73. The zero-order chi connectivity index (χ0) is 15.1. The Balaban J connectivity index is 1.88. The largest absolute Gasteiger partial charge is 0.362 e. The molecule has 0 saturated carbocycles. The van der Waals surface area contributed by atoms with E-state index in [1.807, 2.05) is 12.1 Å². The van der Waals surface area contributed by atoms with Crippen molar-refractivity contribution >= 4 is 34.8 Å².